The van der Waals surface area contributed by atoms with Crippen molar-refractivity contribution in [3.63, 3.8) is 0 Å². The molecule has 0 amide bonds. The van der Waals surface area contributed by atoms with Gasteiger partial charge >= 0.3 is 0 Å². The summed E-state index contributed by atoms with van der Waals surface area (Å²) >= 11 is 9.59. The van der Waals surface area contributed by atoms with E-state index in [-0.39, 0.29) is 0 Å². The van der Waals surface area contributed by atoms with Gasteiger partial charge in [-0.2, -0.15) is 0 Å². The van der Waals surface area contributed by atoms with E-state index >= 15 is 0 Å². The van der Waals surface area contributed by atoms with Crippen LogP contribution in [-0.2, 0) is 0 Å². The molecule has 0 unspecified atom stereocenters. The largest absolute Gasteiger partial charge is 0.374 e. The quantitative estimate of drug-likeness (QED) is 0.814. The Labute approximate surface area is 103 Å². The van der Waals surface area contributed by atoms with Crippen molar-refractivity contribution in [2.45, 2.75) is 0 Å². The summed E-state index contributed by atoms with van der Waals surface area (Å²) in [6, 6.07) is 5.75. The minimum Gasteiger partial charge on any atom is -0.374 e. The smallest absolute Gasteiger partial charge is 0.203 e. The third-order valence-electron chi connectivity index (χ3n) is 1.60. The second kappa shape index (κ2) is 4.00. The molecule has 0 fully saturated rings. The first-order valence-electron chi connectivity index (χ1n) is 3.71. The van der Waals surface area contributed by atoms with Crippen molar-refractivity contribution in [1.29, 1.82) is 0 Å². The average molecular weight is 338 g/mol. The van der Waals surface area contributed by atoms with Crippen LogP contribution in [0, 0.1) is 3.57 Å². The van der Waals surface area contributed by atoms with Gasteiger partial charge in [-0.15, -0.1) is 10.2 Å². The lowest BCUT2D eigenvalue weighted by atomic mass is 10.2. The molecule has 0 aliphatic heterocycles. The zero-order valence-electron chi connectivity index (χ0n) is 6.87. The van der Waals surface area contributed by atoms with Crippen molar-refractivity contribution in [1.82, 2.24) is 10.2 Å². The van der Waals surface area contributed by atoms with Gasteiger partial charge in [-0.05, 0) is 40.8 Å². The van der Waals surface area contributed by atoms with Gasteiger partial charge in [0.25, 0.3) is 0 Å². The Morgan fingerprint density at radius 3 is 2.79 bits per heavy atom. The van der Waals surface area contributed by atoms with Gasteiger partial charge in [0.2, 0.25) is 5.13 Å². The molecule has 0 aliphatic carbocycles. The summed E-state index contributed by atoms with van der Waals surface area (Å²) in [6.45, 7) is 0. The van der Waals surface area contributed by atoms with E-state index in [1.807, 2.05) is 18.2 Å². The SMILES string of the molecule is Nc1nnc(-c2cc(I)ccc2Cl)s1. The van der Waals surface area contributed by atoms with Gasteiger partial charge in [-0.1, -0.05) is 22.9 Å². The van der Waals surface area contributed by atoms with E-state index in [9.17, 15) is 0 Å². The maximum atomic E-state index is 6.03. The molecule has 2 N–H and O–H groups in total. The molecule has 0 spiro atoms. The number of anilines is 1. The Balaban J connectivity index is 2.55. The van der Waals surface area contributed by atoms with Crippen molar-refractivity contribution in [3.8, 4) is 10.6 Å². The van der Waals surface area contributed by atoms with Crippen LogP contribution in [0.25, 0.3) is 10.6 Å². The first-order valence-corrected chi connectivity index (χ1v) is 5.98. The van der Waals surface area contributed by atoms with E-state index in [4.69, 9.17) is 17.3 Å². The fourth-order valence-electron chi connectivity index (χ4n) is 1.00. The average Bonchev–Trinajstić information content (AvgIpc) is 2.56. The molecule has 0 aliphatic rings. The van der Waals surface area contributed by atoms with Gasteiger partial charge in [-0.25, -0.2) is 0 Å². The number of aromatic nitrogens is 2. The second-order valence-electron chi connectivity index (χ2n) is 2.57. The standard InChI is InChI=1S/C8H5ClIN3S/c9-6-2-1-4(10)3-5(6)7-12-13-8(11)14-7/h1-3H,(H2,11,13). The monoisotopic (exact) mass is 337 g/mol. The molecule has 3 nitrogen and oxygen atoms in total. The molecule has 1 aromatic carbocycles. The molecule has 2 aromatic rings. The highest BCUT2D eigenvalue weighted by atomic mass is 127. The molecule has 1 aromatic heterocycles. The van der Waals surface area contributed by atoms with Crippen LogP contribution in [0.3, 0.4) is 0 Å². The highest BCUT2D eigenvalue weighted by molar-refractivity contribution is 14.1. The Morgan fingerprint density at radius 2 is 2.14 bits per heavy atom. The number of rotatable bonds is 1. The van der Waals surface area contributed by atoms with Gasteiger partial charge in [0.15, 0.2) is 5.01 Å². The molecule has 0 saturated carbocycles. The molecule has 0 radical (unpaired) electrons. The van der Waals surface area contributed by atoms with E-state index in [1.54, 1.807) is 0 Å². The molecule has 2 rings (SSSR count). The Bertz CT molecular complexity index is 471. The lowest BCUT2D eigenvalue weighted by Crippen LogP contribution is -1.81. The van der Waals surface area contributed by atoms with Gasteiger partial charge in [0, 0.05) is 9.13 Å². The van der Waals surface area contributed by atoms with Gasteiger partial charge < -0.3 is 5.73 Å². The summed E-state index contributed by atoms with van der Waals surface area (Å²) in [6.07, 6.45) is 0. The number of nitrogen functional groups attached to an aromatic ring is 1. The number of benzene rings is 1. The highest BCUT2D eigenvalue weighted by Gasteiger charge is 2.08. The van der Waals surface area contributed by atoms with E-state index in [0.29, 0.717) is 10.2 Å². The van der Waals surface area contributed by atoms with E-state index in [2.05, 4.69) is 32.8 Å². The third kappa shape index (κ3) is 1.99. The van der Waals surface area contributed by atoms with Crippen LogP contribution in [-0.4, -0.2) is 10.2 Å². The Hall–Kier alpha value is -0.400. The van der Waals surface area contributed by atoms with Gasteiger partial charge in [0.1, 0.15) is 0 Å². The molecular formula is C8H5ClIN3S. The first-order chi connectivity index (χ1) is 6.66. The summed E-state index contributed by atoms with van der Waals surface area (Å²) in [4.78, 5) is 0. The molecule has 6 heteroatoms. The maximum Gasteiger partial charge on any atom is 0.203 e. The van der Waals surface area contributed by atoms with Gasteiger partial charge in [-0.3, -0.25) is 0 Å². The van der Waals surface area contributed by atoms with Crippen LogP contribution in [0.4, 0.5) is 5.13 Å². The van der Waals surface area contributed by atoms with Crippen molar-refractivity contribution in [3.05, 3.63) is 26.8 Å². The highest BCUT2D eigenvalue weighted by Crippen LogP contribution is 2.31. The summed E-state index contributed by atoms with van der Waals surface area (Å²) in [7, 11) is 0. The first kappa shape index (κ1) is 10.1. The Morgan fingerprint density at radius 1 is 1.36 bits per heavy atom. The van der Waals surface area contributed by atoms with Crippen LogP contribution in [0.2, 0.25) is 5.02 Å². The van der Waals surface area contributed by atoms with E-state index in [1.165, 1.54) is 11.3 Å². The molecular weight excluding hydrogens is 333 g/mol. The fourth-order valence-corrected chi connectivity index (χ4v) is 2.40. The molecule has 0 bridgehead atoms. The van der Waals surface area contributed by atoms with Gasteiger partial charge in [0.05, 0.1) is 5.02 Å². The molecule has 0 saturated heterocycles. The topological polar surface area (TPSA) is 51.8 Å². The molecule has 1 heterocycles. The minimum atomic E-state index is 0.454. The number of halogens is 2. The van der Waals surface area contributed by atoms with Crippen molar-refractivity contribution < 1.29 is 0 Å². The number of nitrogens with two attached hydrogens (primary N) is 1. The van der Waals surface area contributed by atoms with Crippen molar-refractivity contribution in [2.75, 3.05) is 5.73 Å². The molecule has 14 heavy (non-hydrogen) atoms. The zero-order chi connectivity index (χ0) is 10.1. The summed E-state index contributed by atoms with van der Waals surface area (Å²) in [5.41, 5.74) is 6.39. The van der Waals surface area contributed by atoms with Crippen LogP contribution in [0.1, 0.15) is 0 Å². The predicted molar refractivity (Wildman–Crippen MR) is 67.5 cm³/mol. The predicted octanol–water partition coefficient (Wildman–Crippen LogP) is 3.05. The van der Waals surface area contributed by atoms with E-state index in [0.717, 1.165) is 14.1 Å². The third-order valence-corrected chi connectivity index (χ3v) is 3.39. The zero-order valence-corrected chi connectivity index (χ0v) is 10.6. The second-order valence-corrected chi connectivity index (χ2v) is 5.23. The maximum absolute atomic E-state index is 6.03. The van der Waals surface area contributed by atoms with Crippen LogP contribution < -0.4 is 5.73 Å². The molecule has 72 valence electrons. The summed E-state index contributed by atoms with van der Waals surface area (Å²) < 4.78 is 1.11. The number of hydrogen-bond donors (Lipinski definition) is 1. The molecule has 0 atom stereocenters. The summed E-state index contributed by atoms with van der Waals surface area (Å²) in [5.74, 6) is 0. The Kier molecular flexibility index (Phi) is 2.89. The summed E-state index contributed by atoms with van der Waals surface area (Å²) in [5, 5.41) is 9.57. The normalized spacial score (nSPS) is 10.4. The van der Waals surface area contributed by atoms with Crippen molar-refractivity contribution in [2.24, 2.45) is 0 Å². The van der Waals surface area contributed by atoms with Crippen LogP contribution >= 0.6 is 45.5 Å². The van der Waals surface area contributed by atoms with Crippen molar-refractivity contribution >= 4 is 50.7 Å². The number of nitrogens with zero attached hydrogens (tertiary/aromatic N) is 2. The lowest BCUT2D eigenvalue weighted by Gasteiger charge is -1.99. The fraction of sp³-hybridized carbons (Fsp3) is 0. The minimum absolute atomic E-state index is 0.454. The number of hydrogen-bond acceptors (Lipinski definition) is 4. The van der Waals surface area contributed by atoms with Crippen LogP contribution in [0.5, 0.6) is 0 Å². The van der Waals surface area contributed by atoms with E-state index < -0.39 is 0 Å². The van der Waals surface area contributed by atoms with Crippen LogP contribution in [0.15, 0.2) is 18.2 Å². The lowest BCUT2D eigenvalue weighted by molar-refractivity contribution is 1.10.